The van der Waals surface area contributed by atoms with Gasteiger partial charge >= 0.3 is 0 Å². The van der Waals surface area contributed by atoms with E-state index in [1.807, 2.05) is 48.5 Å². The molecule has 2 heterocycles. The molecular formula is C27H36N2O4S. The van der Waals surface area contributed by atoms with Gasteiger partial charge in [-0.05, 0) is 49.7 Å². The van der Waals surface area contributed by atoms with Gasteiger partial charge in [-0.25, -0.2) is 12.7 Å². The number of benzene rings is 2. The van der Waals surface area contributed by atoms with E-state index in [-0.39, 0.29) is 23.0 Å². The molecule has 2 aromatic rings. The van der Waals surface area contributed by atoms with Gasteiger partial charge in [0.1, 0.15) is 0 Å². The molecule has 1 N–H and O–H groups in total. The van der Waals surface area contributed by atoms with Crippen molar-refractivity contribution in [1.29, 1.82) is 0 Å². The maximum Gasteiger partial charge on any atom is 0.223 e. The number of nitrogens with zero attached hydrogens (tertiary/aromatic N) is 1. The fraction of sp³-hybridized carbons (Fsp3) is 0.519. The number of carbonyl (C=O) groups excluding carboxylic acids is 1. The highest BCUT2D eigenvalue weighted by molar-refractivity contribution is 7.89. The van der Waals surface area contributed by atoms with Gasteiger partial charge in [0.15, 0.2) is 0 Å². The van der Waals surface area contributed by atoms with Crippen molar-refractivity contribution in [3.63, 3.8) is 0 Å². The second-order valence-electron chi connectivity index (χ2n) is 9.56. The highest BCUT2D eigenvalue weighted by Gasteiger charge is 2.36. The van der Waals surface area contributed by atoms with Crippen LogP contribution in [0.4, 0.5) is 0 Å². The standard InChI is InChI=1S/C27H36N2O4S/c30-26(28-22-27(15-19-33-20-16-27)25-11-5-2-6-12-25)24-13-17-29(18-14-24)34(31,32)21-7-10-23-8-3-1-4-9-23/h1-6,8-9,11-12,24H,7,10,13-22H2,(H,28,30). The van der Waals surface area contributed by atoms with Gasteiger partial charge in [0.25, 0.3) is 0 Å². The molecule has 4 rings (SSSR count). The number of hydrogen-bond donors (Lipinski definition) is 1. The summed E-state index contributed by atoms with van der Waals surface area (Å²) in [6.45, 7) is 2.83. The first-order valence-corrected chi connectivity index (χ1v) is 14.0. The lowest BCUT2D eigenvalue weighted by molar-refractivity contribution is -0.126. The van der Waals surface area contributed by atoms with Crippen LogP contribution < -0.4 is 5.32 Å². The number of sulfonamides is 1. The molecule has 2 saturated heterocycles. The summed E-state index contributed by atoms with van der Waals surface area (Å²) in [6.07, 6.45) is 4.29. The minimum Gasteiger partial charge on any atom is -0.381 e. The Morgan fingerprint density at radius 2 is 1.59 bits per heavy atom. The van der Waals surface area contributed by atoms with Crippen LogP contribution in [0.3, 0.4) is 0 Å². The molecule has 184 valence electrons. The number of piperidine rings is 1. The molecule has 0 spiro atoms. The van der Waals surface area contributed by atoms with Crippen molar-refractivity contribution < 1.29 is 17.9 Å². The SMILES string of the molecule is O=C(NCC1(c2ccccc2)CCOCC1)C1CCN(S(=O)(=O)CCCc2ccccc2)CC1. The van der Waals surface area contributed by atoms with Crippen LogP contribution in [0.25, 0.3) is 0 Å². The molecule has 1 amide bonds. The van der Waals surface area contributed by atoms with E-state index in [1.54, 1.807) is 4.31 Å². The molecule has 0 bridgehead atoms. The number of hydrogen-bond acceptors (Lipinski definition) is 4. The van der Waals surface area contributed by atoms with E-state index in [4.69, 9.17) is 4.74 Å². The smallest absolute Gasteiger partial charge is 0.223 e. The summed E-state index contributed by atoms with van der Waals surface area (Å²) in [5, 5.41) is 3.20. The van der Waals surface area contributed by atoms with Gasteiger partial charge in [-0.1, -0.05) is 60.7 Å². The second kappa shape index (κ2) is 11.5. The molecule has 0 aliphatic carbocycles. The highest BCUT2D eigenvalue weighted by Crippen LogP contribution is 2.34. The molecule has 2 aliphatic heterocycles. The van der Waals surface area contributed by atoms with Crippen molar-refractivity contribution in [2.75, 3.05) is 38.6 Å². The Kier molecular flexibility index (Phi) is 8.40. The summed E-state index contributed by atoms with van der Waals surface area (Å²) in [4.78, 5) is 13.0. The van der Waals surface area contributed by atoms with Crippen molar-refractivity contribution >= 4 is 15.9 Å². The molecule has 2 aromatic carbocycles. The third-order valence-corrected chi connectivity index (χ3v) is 9.32. The molecule has 34 heavy (non-hydrogen) atoms. The lowest BCUT2D eigenvalue weighted by Crippen LogP contribution is -2.48. The van der Waals surface area contributed by atoms with Crippen LogP contribution in [0.1, 0.15) is 43.2 Å². The fourth-order valence-electron chi connectivity index (χ4n) is 5.15. The van der Waals surface area contributed by atoms with Gasteiger partial charge in [-0.3, -0.25) is 4.79 Å². The molecule has 7 heteroatoms. The number of amides is 1. The Labute approximate surface area is 203 Å². The van der Waals surface area contributed by atoms with Crippen molar-refractivity contribution in [3.05, 3.63) is 71.8 Å². The predicted octanol–water partition coefficient (Wildman–Crippen LogP) is 3.53. The summed E-state index contributed by atoms with van der Waals surface area (Å²) in [5.74, 6) is 0.0619. The summed E-state index contributed by atoms with van der Waals surface area (Å²) in [5.41, 5.74) is 2.30. The molecule has 0 radical (unpaired) electrons. The van der Waals surface area contributed by atoms with Crippen LogP contribution in [0.5, 0.6) is 0 Å². The highest BCUT2D eigenvalue weighted by atomic mass is 32.2. The fourth-order valence-corrected chi connectivity index (χ4v) is 6.69. The van der Waals surface area contributed by atoms with Crippen molar-refractivity contribution in [2.24, 2.45) is 5.92 Å². The molecule has 0 unspecified atom stereocenters. The second-order valence-corrected chi connectivity index (χ2v) is 11.6. The Balaban J connectivity index is 1.26. The van der Waals surface area contributed by atoms with Gasteiger partial charge in [0.2, 0.25) is 15.9 Å². The van der Waals surface area contributed by atoms with E-state index in [2.05, 4.69) is 17.4 Å². The minimum atomic E-state index is -3.29. The van der Waals surface area contributed by atoms with Gasteiger partial charge in [0, 0.05) is 44.2 Å². The third-order valence-electron chi connectivity index (χ3n) is 7.37. The van der Waals surface area contributed by atoms with Crippen LogP contribution in [0.15, 0.2) is 60.7 Å². The molecule has 6 nitrogen and oxygen atoms in total. The maximum atomic E-state index is 13.0. The predicted molar refractivity (Wildman–Crippen MR) is 134 cm³/mol. The van der Waals surface area contributed by atoms with Crippen molar-refractivity contribution in [1.82, 2.24) is 9.62 Å². The van der Waals surface area contributed by atoms with Gasteiger partial charge in [-0.2, -0.15) is 0 Å². The zero-order valence-corrected chi connectivity index (χ0v) is 20.6. The zero-order valence-electron chi connectivity index (χ0n) is 19.8. The number of carbonyl (C=O) groups is 1. The lowest BCUT2D eigenvalue weighted by atomic mass is 9.74. The first-order valence-electron chi connectivity index (χ1n) is 12.4. The Bertz CT molecular complexity index is 1010. The quantitative estimate of drug-likeness (QED) is 0.591. The monoisotopic (exact) mass is 484 g/mol. The van der Waals surface area contributed by atoms with Crippen molar-refractivity contribution in [2.45, 2.75) is 43.9 Å². The Morgan fingerprint density at radius 3 is 2.24 bits per heavy atom. The van der Waals surface area contributed by atoms with Crippen LogP contribution in [-0.4, -0.2) is 57.2 Å². The van der Waals surface area contributed by atoms with E-state index in [0.29, 0.717) is 52.1 Å². The number of rotatable bonds is 9. The van der Waals surface area contributed by atoms with Crippen molar-refractivity contribution in [3.8, 4) is 0 Å². The molecule has 2 fully saturated rings. The average Bonchev–Trinajstić information content (AvgIpc) is 2.89. The third kappa shape index (κ3) is 6.26. The van der Waals surface area contributed by atoms with E-state index in [9.17, 15) is 13.2 Å². The first-order chi connectivity index (χ1) is 16.5. The number of aryl methyl sites for hydroxylation is 1. The summed E-state index contributed by atoms with van der Waals surface area (Å²) in [7, 11) is -3.29. The van der Waals surface area contributed by atoms with E-state index in [0.717, 1.165) is 24.8 Å². The first kappa shape index (κ1) is 24.9. The summed E-state index contributed by atoms with van der Waals surface area (Å²) in [6, 6.07) is 20.3. The molecule has 0 aromatic heterocycles. The Morgan fingerprint density at radius 1 is 0.971 bits per heavy atom. The van der Waals surface area contributed by atoms with Gasteiger partial charge in [-0.15, -0.1) is 0 Å². The molecule has 0 atom stereocenters. The van der Waals surface area contributed by atoms with Crippen LogP contribution in [0, 0.1) is 5.92 Å². The lowest BCUT2D eigenvalue weighted by Gasteiger charge is -2.38. The van der Waals surface area contributed by atoms with Gasteiger partial charge < -0.3 is 10.1 Å². The topological polar surface area (TPSA) is 75.7 Å². The van der Waals surface area contributed by atoms with E-state index in [1.165, 1.54) is 5.56 Å². The van der Waals surface area contributed by atoms with E-state index < -0.39 is 10.0 Å². The van der Waals surface area contributed by atoms with Crippen LogP contribution in [-0.2, 0) is 31.4 Å². The molecule has 2 aliphatic rings. The summed E-state index contributed by atoms with van der Waals surface area (Å²) < 4.78 is 32.8. The zero-order chi connectivity index (χ0) is 23.9. The molecular weight excluding hydrogens is 448 g/mol. The van der Waals surface area contributed by atoms with Crippen LogP contribution in [0.2, 0.25) is 0 Å². The van der Waals surface area contributed by atoms with E-state index >= 15 is 0 Å². The molecule has 0 saturated carbocycles. The number of ether oxygens (including phenoxy) is 1. The normalized spacial score (nSPS) is 19.5. The number of nitrogens with one attached hydrogen (secondary N) is 1. The average molecular weight is 485 g/mol. The van der Waals surface area contributed by atoms with Gasteiger partial charge in [0.05, 0.1) is 5.75 Å². The van der Waals surface area contributed by atoms with Crippen LogP contribution >= 0.6 is 0 Å². The minimum absolute atomic E-state index is 0.0444. The Hall–Kier alpha value is -2.22. The summed E-state index contributed by atoms with van der Waals surface area (Å²) >= 11 is 0. The maximum absolute atomic E-state index is 13.0. The largest absolute Gasteiger partial charge is 0.381 e.